The summed E-state index contributed by atoms with van der Waals surface area (Å²) in [5, 5.41) is 6.46. The first-order chi connectivity index (χ1) is 16.9. The molecule has 7 nitrogen and oxygen atoms in total. The number of aryl methyl sites for hydroxylation is 2. The molecule has 186 valence electrons. The fraction of sp³-hybridized carbons (Fsp3) is 0.464. The number of hydrazone groups is 1. The van der Waals surface area contributed by atoms with Gasteiger partial charge in [-0.2, -0.15) is 5.10 Å². The van der Waals surface area contributed by atoms with Gasteiger partial charge in [0.1, 0.15) is 5.75 Å². The number of carbonyl (C=O) groups is 2. The average molecular weight is 478 g/mol. The topological polar surface area (TPSA) is 71.4 Å². The van der Waals surface area contributed by atoms with Gasteiger partial charge in [0.25, 0.3) is 5.91 Å². The highest BCUT2D eigenvalue weighted by Crippen LogP contribution is 2.37. The van der Waals surface area contributed by atoms with Crippen molar-refractivity contribution in [2.24, 2.45) is 11.0 Å². The highest BCUT2D eigenvalue weighted by atomic mass is 16.5. The number of likely N-dealkylation sites (tertiary alicyclic amines) is 1. The number of piperidine rings is 1. The fourth-order valence-corrected chi connectivity index (χ4v) is 4.94. The summed E-state index contributed by atoms with van der Waals surface area (Å²) < 4.78 is 10.8. The number of hydrogen-bond acceptors (Lipinski definition) is 6. The second kappa shape index (κ2) is 11.0. The molecule has 2 aromatic rings. The maximum Gasteiger partial charge on any atom is 0.310 e. The van der Waals surface area contributed by atoms with Crippen LogP contribution in [0.2, 0.25) is 0 Å². The maximum atomic E-state index is 13.6. The number of carbonyl (C=O) groups excluding carboxylic acids is 2. The van der Waals surface area contributed by atoms with Crippen molar-refractivity contribution in [2.45, 2.75) is 46.1 Å². The lowest BCUT2D eigenvalue weighted by atomic mass is 9.96. The van der Waals surface area contributed by atoms with Gasteiger partial charge in [-0.15, -0.1) is 0 Å². The maximum absolute atomic E-state index is 13.6. The van der Waals surface area contributed by atoms with E-state index in [1.807, 2.05) is 31.2 Å². The van der Waals surface area contributed by atoms with Crippen LogP contribution in [0, 0.1) is 19.8 Å². The number of amides is 1. The van der Waals surface area contributed by atoms with Crippen LogP contribution in [0.1, 0.15) is 54.5 Å². The van der Waals surface area contributed by atoms with E-state index in [-0.39, 0.29) is 30.4 Å². The number of rotatable bonds is 7. The van der Waals surface area contributed by atoms with E-state index in [9.17, 15) is 9.59 Å². The molecule has 2 unspecified atom stereocenters. The Morgan fingerprint density at radius 1 is 1.11 bits per heavy atom. The zero-order valence-electron chi connectivity index (χ0n) is 21.1. The third-order valence-corrected chi connectivity index (χ3v) is 6.99. The van der Waals surface area contributed by atoms with Crippen LogP contribution in [0.4, 0.5) is 0 Å². The molecule has 7 heteroatoms. The van der Waals surface area contributed by atoms with Crippen LogP contribution < -0.4 is 4.74 Å². The van der Waals surface area contributed by atoms with Crippen molar-refractivity contribution in [3.05, 3.63) is 64.7 Å². The minimum absolute atomic E-state index is 0.0794. The van der Waals surface area contributed by atoms with Gasteiger partial charge in [-0.3, -0.25) is 14.5 Å². The molecule has 0 spiro atoms. The van der Waals surface area contributed by atoms with Crippen molar-refractivity contribution in [3.8, 4) is 5.75 Å². The molecule has 2 aliphatic rings. The molecule has 4 rings (SSSR count). The minimum atomic E-state index is -0.249. The van der Waals surface area contributed by atoms with Gasteiger partial charge in [-0.05, 0) is 69.0 Å². The van der Waals surface area contributed by atoms with Gasteiger partial charge in [-0.1, -0.05) is 30.3 Å². The first-order valence-corrected chi connectivity index (χ1v) is 12.4. The largest absolute Gasteiger partial charge is 0.496 e. The minimum Gasteiger partial charge on any atom is -0.496 e. The molecule has 0 aromatic heterocycles. The molecule has 1 fully saturated rings. The number of hydrogen-bond donors (Lipinski definition) is 0. The van der Waals surface area contributed by atoms with Gasteiger partial charge >= 0.3 is 5.97 Å². The zero-order valence-corrected chi connectivity index (χ0v) is 21.1. The summed E-state index contributed by atoms with van der Waals surface area (Å²) in [7, 11) is 1.65. The zero-order chi connectivity index (χ0) is 24.9. The summed E-state index contributed by atoms with van der Waals surface area (Å²) in [6, 6.07) is 13.9. The van der Waals surface area contributed by atoms with Crippen LogP contribution >= 0.6 is 0 Å². The Morgan fingerprint density at radius 2 is 1.91 bits per heavy atom. The summed E-state index contributed by atoms with van der Waals surface area (Å²) in [6.07, 6.45) is 2.27. The van der Waals surface area contributed by atoms with Crippen molar-refractivity contribution in [1.82, 2.24) is 9.91 Å². The van der Waals surface area contributed by atoms with E-state index in [2.05, 4.69) is 36.9 Å². The van der Waals surface area contributed by atoms with E-state index in [1.165, 1.54) is 11.1 Å². The van der Waals surface area contributed by atoms with Gasteiger partial charge in [0.2, 0.25) is 0 Å². The van der Waals surface area contributed by atoms with Gasteiger partial charge in [0, 0.05) is 18.5 Å². The molecule has 2 aliphatic heterocycles. The second-order valence-electron chi connectivity index (χ2n) is 9.37. The Balaban J connectivity index is 1.59. The van der Waals surface area contributed by atoms with Crippen LogP contribution in [0.5, 0.6) is 5.75 Å². The van der Waals surface area contributed by atoms with Crippen LogP contribution in [-0.4, -0.2) is 60.8 Å². The van der Waals surface area contributed by atoms with Crippen LogP contribution in [0.25, 0.3) is 0 Å². The summed E-state index contributed by atoms with van der Waals surface area (Å²) in [5.41, 5.74) is 5.28. The SMILES string of the molecule is CCOC(=O)C1CCCN(CC(=O)N2N=C(c3ccc(C)c(C)c3)CC2c2ccccc2OC)C1. The Bertz CT molecular complexity index is 1110. The first-order valence-electron chi connectivity index (χ1n) is 12.4. The molecule has 2 atom stereocenters. The van der Waals surface area contributed by atoms with Crippen LogP contribution in [-0.2, 0) is 14.3 Å². The molecule has 2 aromatic carbocycles. The van der Waals surface area contributed by atoms with E-state index < -0.39 is 0 Å². The number of esters is 1. The Labute approximate surface area is 207 Å². The molecule has 2 heterocycles. The van der Waals surface area contributed by atoms with E-state index in [1.54, 1.807) is 12.1 Å². The number of methoxy groups -OCH3 is 1. The summed E-state index contributed by atoms with van der Waals surface area (Å²) >= 11 is 0. The summed E-state index contributed by atoms with van der Waals surface area (Å²) in [6.45, 7) is 7.90. The Hall–Kier alpha value is -3.19. The standard InChI is InChI=1S/C28H35N3O4/c1-5-35-28(33)22-9-8-14-30(17-22)18-27(32)31-25(23-10-6-7-11-26(23)34-4)16-24(29-31)21-13-12-19(2)20(3)15-21/h6-7,10-13,15,22,25H,5,8-9,14,16-18H2,1-4H3. The number of benzene rings is 2. The molecule has 0 N–H and O–H groups in total. The number of ether oxygens (including phenoxy) is 2. The highest BCUT2D eigenvalue weighted by Gasteiger charge is 2.36. The van der Waals surface area contributed by atoms with Crippen molar-refractivity contribution in [3.63, 3.8) is 0 Å². The third kappa shape index (κ3) is 5.56. The van der Waals surface area contributed by atoms with E-state index in [0.29, 0.717) is 19.6 Å². The monoisotopic (exact) mass is 477 g/mol. The quantitative estimate of drug-likeness (QED) is 0.557. The average Bonchev–Trinajstić information content (AvgIpc) is 3.31. The predicted octanol–water partition coefficient (Wildman–Crippen LogP) is 4.26. The van der Waals surface area contributed by atoms with E-state index in [4.69, 9.17) is 14.6 Å². The van der Waals surface area contributed by atoms with Gasteiger partial charge in [0.15, 0.2) is 0 Å². The summed E-state index contributed by atoms with van der Waals surface area (Å²) in [5.74, 6) is 0.305. The molecule has 0 saturated carbocycles. The fourth-order valence-electron chi connectivity index (χ4n) is 4.94. The van der Waals surface area contributed by atoms with Crippen molar-refractivity contribution in [1.29, 1.82) is 0 Å². The third-order valence-electron chi connectivity index (χ3n) is 6.99. The normalized spacial score (nSPS) is 20.5. The Kier molecular flexibility index (Phi) is 7.86. The van der Waals surface area contributed by atoms with Gasteiger partial charge < -0.3 is 9.47 Å². The molecule has 1 saturated heterocycles. The number of para-hydroxylation sites is 1. The van der Waals surface area contributed by atoms with E-state index in [0.717, 1.165) is 42.0 Å². The van der Waals surface area contributed by atoms with Crippen LogP contribution in [0.3, 0.4) is 0 Å². The second-order valence-corrected chi connectivity index (χ2v) is 9.37. The molecule has 35 heavy (non-hydrogen) atoms. The lowest BCUT2D eigenvalue weighted by molar-refractivity contribution is -0.150. The predicted molar refractivity (Wildman–Crippen MR) is 135 cm³/mol. The number of nitrogens with zero attached hydrogens (tertiary/aromatic N) is 3. The Morgan fingerprint density at radius 3 is 2.66 bits per heavy atom. The molecular weight excluding hydrogens is 442 g/mol. The molecule has 0 radical (unpaired) electrons. The molecular formula is C28H35N3O4. The van der Waals surface area contributed by atoms with Crippen molar-refractivity contribution < 1.29 is 19.1 Å². The lowest BCUT2D eigenvalue weighted by Crippen LogP contribution is -2.44. The van der Waals surface area contributed by atoms with Crippen molar-refractivity contribution >= 4 is 17.6 Å². The summed E-state index contributed by atoms with van der Waals surface area (Å²) in [4.78, 5) is 27.9. The smallest absolute Gasteiger partial charge is 0.310 e. The van der Waals surface area contributed by atoms with Gasteiger partial charge in [0.05, 0.1) is 37.9 Å². The lowest BCUT2D eigenvalue weighted by Gasteiger charge is -2.32. The van der Waals surface area contributed by atoms with E-state index >= 15 is 0 Å². The highest BCUT2D eigenvalue weighted by molar-refractivity contribution is 6.03. The molecule has 0 aliphatic carbocycles. The molecule has 0 bridgehead atoms. The molecule has 1 amide bonds. The first kappa shape index (κ1) is 24.9. The van der Waals surface area contributed by atoms with Crippen molar-refractivity contribution in [2.75, 3.05) is 33.4 Å². The van der Waals surface area contributed by atoms with Gasteiger partial charge in [-0.25, -0.2) is 5.01 Å². The van der Waals surface area contributed by atoms with Crippen LogP contribution in [0.15, 0.2) is 47.6 Å².